The van der Waals surface area contributed by atoms with Crippen LogP contribution in [-0.4, -0.2) is 0 Å². The van der Waals surface area contributed by atoms with Crippen molar-refractivity contribution >= 4 is 39.1 Å². The summed E-state index contributed by atoms with van der Waals surface area (Å²) in [5.41, 5.74) is 9.26. The normalized spacial score (nSPS) is 12.5. The van der Waals surface area contributed by atoms with Crippen LogP contribution < -0.4 is 5.73 Å². The summed E-state index contributed by atoms with van der Waals surface area (Å²) in [6.07, 6.45) is 0. The minimum Gasteiger partial charge on any atom is -0.320 e. The molecule has 1 nitrogen and oxygen atoms in total. The van der Waals surface area contributed by atoms with Crippen molar-refractivity contribution in [2.24, 2.45) is 5.73 Å². The van der Waals surface area contributed by atoms with Crippen molar-refractivity contribution < 1.29 is 0 Å². The molecule has 0 amide bonds. The van der Waals surface area contributed by atoms with Crippen LogP contribution in [0.1, 0.15) is 22.7 Å². The second-order valence-electron chi connectivity index (χ2n) is 4.15. The molecule has 0 aromatic heterocycles. The molecule has 0 radical (unpaired) electrons. The first-order valence-electron chi connectivity index (χ1n) is 5.46. The van der Waals surface area contributed by atoms with E-state index in [1.807, 2.05) is 37.3 Å². The molecular weight excluding hydrogens is 333 g/mol. The second-order valence-corrected chi connectivity index (χ2v) is 5.79. The van der Waals surface area contributed by atoms with Crippen molar-refractivity contribution in [1.29, 1.82) is 0 Å². The van der Waals surface area contributed by atoms with Crippen molar-refractivity contribution in [1.82, 2.24) is 0 Å². The van der Waals surface area contributed by atoms with E-state index in [4.69, 9.17) is 28.9 Å². The molecule has 0 aliphatic heterocycles. The van der Waals surface area contributed by atoms with E-state index in [9.17, 15) is 0 Å². The molecular formula is C14H12BrCl2N. The van der Waals surface area contributed by atoms with Crippen molar-refractivity contribution in [3.05, 3.63) is 67.6 Å². The first-order chi connectivity index (χ1) is 8.50. The molecule has 0 saturated heterocycles. The lowest BCUT2D eigenvalue weighted by Gasteiger charge is -2.16. The average Bonchev–Trinajstić information content (AvgIpc) is 2.32. The number of halogens is 3. The fourth-order valence-electron chi connectivity index (χ4n) is 1.81. The Morgan fingerprint density at radius 2 is 1.83 bits per heavy atom. The molecule has 0 saturated carbocycles. The topological polar surface area (TPSA) is 26.0 Å². The predicted octanol–water partition coefficient (Wildman–Crippen LogP) is 5.11. The van der Waals surface area contributed by atoms with Crippen molar-refractivity contribution in [3.63, 3.8) is 0 Å². The molecule has 0 aliphatic rings. The van der Waals surface area contributed by atoms with Gasteiger partial charge >= 0.3 is 0 Å². The Kier molecular flexibility index (Phi) is 4.33. The zero-order valence-corrected chi connectivity index (χ0v) is 12.9. The summed E-state index contributed by atoms with van der Waals surface area (Å²) in [4.78, 5) is 0. The Morgan fingerprint density at radius 1 is 1.11 bits per heavy atom. The fourth-order valence-corrected chi connectivity index (χ4v) is 2.98. The summed E-state index contributed by atoms with van der Waals surface area (Å²) in [6, 6.07) is 11.3. The zero-order chi connectivity index (χ0) is 13.3. The fraction of sp³-hybridized carbons (Fsp3) is 0.143. The monoisotopic (exact) mass is 343 g/mol. The van der Waals surface area contributed by atoms with Gasteiger partial charge in [0.25, 0.3) is 0 Å². The molecule has 2 aromatic carbocycles. The molecule has 0 aliphatic carbocycles. The van der Waals surface area contributed by atoms with Gasteiger partial charge in [-0.25, -0.2) is 0 Å². The van der Waals surface area contributed by atoms with Crippen LogP contribution in [0.4, 0.5) is 0 Å². The van der Waals surface area contributed by atoms with Crippen LogP contribution in [0.5, 0.6) is 0 Å². The summed E-state index contributed by atoms with van der Waals surface area (Å²) >= 11 is 15.7. The molecule has 0 heterocycles. The smallest absolute Gasteiger partial charge is 0.0643 e. The second kappa shape index (κ2) is 5.62. The van der Waals surface area contributed by atoms with Crippen LogP contribution in [0.25, 0.3) is 0 Å². The van der Waals surface area contributed by atoms with Crippen LogP contribution in [0, 0.1) is 6.92 Å². The minimum absolute atomic E-state index is 0.300. The van der Waals surface area contributed by atoms with Crippen LogP contribution in [0.2, 0.25) is 10.0 Å². The largest absolute Gasteiger partial charge is 0.320 e. The summed E-state index contributed by atoms with van der Waals surface area (Å²) < 4.78 is 0.978. The molecule has 0 bridgehead atoms. The molecule has 2 rings (SSSR count). The van der Waals surface area contributed by atoms with Crippen molar-refractivity contribution in [3.8, 4) is 0 Å². The SMILES string of the molecule is Cc1ccc(C(N)c2cccc(Cl)c2Cl)c(Br)c1. The summed E-state index contributed by atoms with van der Waals surface area (Å²) in [5.74, 6) is 0. The van der Waals surface area contributed by atoms with Crippen LogP contribution >= 0.6 is 39.1 Å². The first-order valence-corrected chi connectivity index (χ1v) is 7.01. The van der Waals surface area contributed by atoms with E-state index in [0.29, 0.717) is 10.0 Å². The van der Waals surface area contributed by atoms with E-state index in [2.05, 4.69) is 15.9 Å². The van der Waals surface area contributed by atoms with Gasteiger partial charge in [-0.3, -0.25) is 0 Å². The van der Waals surface area contributed by atoms with E-state index < -0.39 is 0 Å². The molecule has 2 aromatic rings. The summed E-state index contributed by atoms with van der Waals surface area (Å²) in [6.45, 7) is 2.03. The maximum Gasteiger partial charge on any atom is 0.0643 e. The molecule has 94 valence electrons. The van der Waals surface area contributed by atoms with Crippen LogP contribution in [0.15, 0.2) is 40.9 Å². The van der Waals surface area contributed by atoms with Gasteiger partial charge in [-0.15, -0.1) is 0 Å². The van der Waals surface area contributed by atoms with Gasteiger partial charge < -0.3 is 5.73 Å². The summed E-state index contributed by atoms with van der Waals surface area (Å²) in [5, 5.41) is 1.03. The number of hydrogen-bond acceptors (Lipinski definition) is 1. The predicted molar refractivity (Wildman–Crippen MR) is 81.4 cm³/mol. The maximum absolute atomic E-state index is 6.26. The molecule has 4 heteroatoms. The quantitative estimate of drug-likeness (QED) is 0.804. The van der Waals surface area contributed by atoms with E-state index in [0.717, 1.165) is 15.6 Å². The highest BCUT2D eigenvalue weighted by Gasteiger charge is 2.16. The number of benzene rings is 2. The third-order valence-corrected chi connectivity index (χ3v) is 4.33. The van der Waals surface area contributed by atoms with Gasteiger partial charge in [0.2, 0.25) is 0 Å². The highest BCUT2D eigenvalue weighted by molar-refractivity contribution is 9.10. The lowest BCUT2D eigenvalue weighted by molar-refractivity contribution is 0.865. The highest BCUT2D eigenvalue weighted by Crippen LogP contribution is 2.34. The molecule has 0 spiro atoms. The van der Waals surface area contributed by atoms with Crippen LogP contribution in [-0.2, 0) is 0 Å². The Morgan fingerprint density at radius 3 is 2.50 bits per heavy atom. The molecule has 2 N–H and O–H groups in total. The standard InChI is InChI=1S/C14H12BrCl2N/c1-8-5-6-9(11(15)7-8)14(18)10-3-2-4-12(16)13(10)17/h2-7,14H,18H2,1H3. The molecule has 18 heavy (non-hydrogen) atoms. The lowest BCUT2D eigenvalue weighted by Crippen LogP contribution is -2.13. The lowest BCUT2D eigenvalue weighted by atomic mass is 9.99. The van der Waals surface area contributed by atoms with Gasteiger partial charge in [0.15, 0.2) is 0 Å². The molecule has 1 atom stereocenters. The number of rotatable bonds is 2. The van der Waals surface area contributed by atoms with Gasteiger partial charge in [0.05, 0.1) is 16.1 Å². The zero-order valence-electron chi connectivity index (χ0n) is 9.75. The number of aryl methyl sites for hydroxylation is 1. The highest BCUT2D eigenvalue weighted by atomic mass is 79.9. The van der Waals surface area contributed by atoms with E-state index in [1.165, 1.54) is 5.56 Å². The van der Waals surface area contributed by atoms with Gasteiger partial charge in [0, 0.05) is 4.47 Å². The maximum atomic E-state index is 6.26. The first kappa shape index (κ1) is 13.9. The number of nitrogens with two attached hydrogens (primary N) is 1. The van der Waals surface area contributed by atoms with Gasteiger partial charge in [0.1, 0.15) is 0 Å². The Labute approximate surface area is 125 Å². The van der Waals surface area contributed by atoms with Gasteiger partial charge in [-0.1, -0.05) is 63.4 Å². The van der Waals surface area contributed by atoms with Gasteiger partial charge in [-0.05, 0) is 35.7 Å². The Hall–Kier alpha value is -0.540. The van der Waals surface area contributed by atoms with E-state index in [-0.39, 0.29) is 6.04 Å². The van der Waals surface area contributed by atoms with E-state index in [1.54, 1.807) is 6.07 Å². The molecule has 0 fully saturated rings. The van der Waals surface area contributed by atoms with Gasteiger partial charge in [-0.2, -0.15) is 0 Å². The number of hydrogen-bond donors (Lipinski definition) is 1. The third kappa shape index (κ3) is 2.72. The van der Waals surface area contributed by atoms with Crippen molar-refractivity contribution in [2.75, 3.05) is 0 Å². The van der Waals surface area contributed by atoms with Crippen molar-refractivity contribution in [2.45, 2.75) is 13.0 Å². The average molecular weight is 345 g/mol. The summed E-state index contributed by atoms with van der Waals surface area (Å²) in [7, 11) is 0. The van der Waals surface area contributed by atoms with Crippen LogP contribution in [0.3, 0.4) is 0 Å². The third-order valence-electron chi connectivity index (χ3n) is 2.81. The Bertz CT molecular complexity index is 584. The Balaban J connectivity index is 2.48. The minimum atomic E-state index is -0.300. The van der Waals surface area contributed by atoms with E-state index >= 15 is 0 Å². The molecule has 1 unspecified atom stereocenters.